The first kappa shape index (κ1) is 12.8. The predicted octanol–water partition coefficient (Wildman–Crippen LogP) is 1.45. The molecule has 1 atom stereocenters. The van der Waals surface area contributed by atoms with Crippen LogP contribution in [0.25, 0.3) is 0 Å². The van der Waals surface area contributed by atoms with Crippen LogP contribution >= 0.6 is 11.5 Å². The summed E-state index contributed by atoms with van der Waals surface area (Å²) in [6.45, 7) is 7.04. The van der Waals surface area contributed by atoms with Crippen molar-refractivity contribution in [2.45, 2.75) is 33.2 Å². The fraction of sp³-hybridized carbons (Fsp3) is 0.600. The molecule has 5 nitrogen and oxygen atoms in total. The number of amides is 1. The molecule has 1 rings (SSSR count). The molecule has 1 aromatic rings. The number of nitrogens with zero attached hydrogens (tertiary/aromatic N) is 2. The number of aromatic nitrogens is 1. The van der Waals surface area contributed by atoms with E-state index in [1.165, 1.54) is 11.5 Å². The number of nitrogen functional groups attached to an aromatic ring is 1. The smallest absolute Gasteiger partial charge is 0.255 e. The lowest BCUT2D eigenvalue weighted by molar-refractivity contribution is 0.100. The van der Waals surface area contributed by atoms with E-state index in [0.29, 0.717) is 11.6 Å². The summed E-state index contributed by atoms with van der Waals surface area (Å²) >= 11 is 1.23. The van der Waals surface area contributed by atoms with Crippen LogP contribution in [-0.2, 0) is 0 Å². The van der Waals surface area contributed by atoms with Crippen molar-refractivity contribution >= 4 is 28.3 Å². The third-order valence-corrected chi connectivity index (χ3v) is 3.57. The summed E-state index contributed by atoms with van der Waals surface area (Å²) in [6, 6.07) is 0.336. The van der Waals surface area contributed by atoms with Gasteiger partial charge < -0.3 is 16.4 Å². The standard InChI is InChI=1S/C10H18N4OS/c1-4-6(3)14(5-2)10-7(9(12)15)8(11)13-16-10/h6H,4-5H2,1-3H3,(H2,11,13)(H2,12,15). The number of rotatable bonds is 5. The van der Waals surface area contributed by atoms with Gasteiger partial charge in [0.1, 0.15) is 10.6 Å². The van der Waals surface area contributed by atoms with Gasteiger partial charge in [0.25, 0.3) is 5.91 Å². The van der Waals surface area contributed by atoms with Gasteiger partial charge in [0.2, 0.25) is 0 Å². The van der Waals surface area contributed by atoms with Gasteiger partial charge in [-0.15, -0.1) is 0 Å². The molecule has 0 saturated heterocycles. The fourth-order valence-electron chi connectivity index (χ4n) is 1.60. The normalized spacial score (nSPS) is 12.4. The minimum atomic E-state index is -0.511. The maximum atomic E-state index is 11.3. The van der Waals surface area contributed by atoms with Gasteiger partial charge in [-0.05, 0) is 31.8 Å². The van der Waals surface area contributed by atoms with Gasteiger partial charge in [0, 0.05) is 12.6 Å². The Hall–Kier alpha value is -1.30. The SMILES string of the molecule is CCC(C)N(CC)c1snc(N)c1C(N)=O. The molecular weight excluding hydrogens is 224 g/mol. The number of hydrogen-bond acceptors (Lipinski definition) is 5. The maximum Gasteiger partial charge on any atom is 0.255 e. The molecule has 0 aliphatic rings. The molecular formula is C10H18N4OS. The van der Waals surface area contributed by atoms with E-state index >= 15 is 0 Å². The summed E-state index contributed by atoms with van der Waals surface area (Å²) in [5.41, 5.74) is 11.3. The fourth-order valence-corrected chi connectivity index (χ4v) is 2.58. The Labute approximate surface area is 99.6 Å². The zero-order valence-corrected chi connectivity index (χ0v) is 10.7. The zero-order chi connectivity index (χ0) is 12.3. The number of primary amides is 1. The quantitative estimate of drug-likeness (QED) is 0.818. The molecule has 0 fully saturated rings. The summed E-state index contributed by atoms with van der Waals surface area (Å²) < 4.78 is 4.00. The summed E-state index contributed by atoms with van der Waals surface area (Å²) in [7, 11) is 0. The molecule has 0 radical (unpaired) electrons. The molecule has 16 heavy (non-hydrogen) atoms. The van der Waals surface area contributed by atoms with E-state index in [4.69, 9.17) is 11.5 Å². The van der Waals surface area contributed by atoms with Crippen molar-refractivity contribution in [2.24, 2.45) is 5.73 Å². The number of hydrogen-bond donors (Lipinski definition) is 2. The van der Waals surface area contributed by atoms with Crippen LogP contribution in [0.5, 0.6) is 0 Å². The van der Waals surface area contributed by atoms with Crippen molar-refractivity contribution in [1.29, 1.82) is 0 Å². The van der Waals surface area contributed by atoms with Crippen molar-refractivity contribution in [3.05, 3.63) is 5.56 Å². The number of nitrogens with two attached hydrogens (primary N) is 2. The molecule has 0 aliphatic heterocycles. The summed E-state index contributed by atoms with van der Waals surface area (Å²) in [5, 5.41) is 0.779. The molecule has 1 unspecified atom stereocenters. The van der Waals surface area contributed by atoms with Gasteiger partial charge in [0.15, 0.2) is 5.82 Å². The molecule has 0 bridgehead atoms. The van der Waals surface area contributed by atoms with Gasteiger partial charge in [-0.2, -0.15) is 4.37 Å². The lowest BCUT2D eigenvalue weighted by Crippen LogP contribution is -2.33. The Morgan fingerprint density at radius 2 is 2.19 bits per heavy atom. The highest BCUT2D eigenvalue weighted by Crippen LogP contribution is 2.31. The second kappa shape index (κ2) is 5.16. The first-order valence-corrected chi connectivity index (χ1v) is 6.11. The Morgan fingerprint density at radius 1 is 1.56 bits per heavy atom. The molecule has 0 spiro atoms. The van der Waals surface area contributed by atoms with Crippen LogP contribution in [0.2, 0.25) is 0 Å². The first-order chi connectivity index (χ1) is 7.52. The Morgan fingerprint density at radius 3 is 2.62 bits per heavy atom. The molecule has 6 heteroatoms. The van der Waals surface area contributed by atoms with Crippen molar-refractivity contribution < 1.29 is 4.79 Å². The molecule has 0 saturated carbocycles. The molecule has 0 aliphatic carbocycles. The molecule has 4 N–H and O–H groups in total. The van der Waals surface area contributed by atoms with Gasteiger partial charge in [0.05, 0.1) is 0 Å². The Bertz CT molecular complexity index is 377. The third-order valence-electron chi connectivity index (χ3n) is 2.67. The van der Waals surface area contributed by atoms with Crippen molar-refractivity contribution in [3.8, 4) is 0 Å². The van der Waals surface area contributed by atoms with Crippen LogP contribution in [0, 0.1) is 0 Å². The first-order valence-electron chi connectivity index (χ1n) is 5.34. The molecule has 0 aromatic carbocycles. The summed E-state index contributed by atoms with van der Waals surface area (Å²) in [5.74, 6) is -0.280. The lowest BCUT2D eigenvalue weighted by Gasteiger charge is -2.28. The van der Waals surface area contributed by atoms with Gasteiger partial charge in [-0.25, -0.2) is 0 Å². The third kappa shape index (κ3) is 2.27. The highest BCUT2D eigenvalue weighted by atomic mass is 32.1. The Kier molecular flexibility index (Phi) is 4.12. The zero-order valence-electron chi connectivity index (χ0n) is 9.86. The average molecular weight is 242 g/mol. The van der Waals surface area contributed by atoms with E-state index in [2.05, 4.69) is 23.1 Å². The van der Waals surface area contributed by atoms with Crippen LogP contribution < -0.4 is 16.4 Å². The second-order valence-corrected chi connectivity index (χ2v) is 4.41. The van der Waals surface area contributed by atoms with E-state index in [0.717, 1.165) is 18.0 Å². The summed E-state index contributed by atoms with van der Waals surface area (Å²) in [4.78, 5) is 13.4. The summed E-state index contributed by atoms with van der Waals surface area (Å²) in [6.07, 6.45) is 0.990. The number of anilines is 2. The van der Waals surface area contributed by atoms with Gasteiger partial charge >= 0.3 is 0 Å². The minimum absolute atomic E-state index is 0.231. The monoisotopic (exact) mass is 242 g/mol. The van der Waals surface area contributed by atoms with E-state index in [1.807, 2.05) is 6.92 Å². The molecule has 1 aromatic heterocycles. The van der Waals surface area contributed by atoms with Crippen LogP contribution in [-0.4, -0.2) is 22.9 Å². The Balaban J connectivity index is 3.15. The van der Waals surface area contributed by atoms with Gasteiger partial charge in [-0.3, -0.25) is 4.79 Å². The topological polar surface area (TPSA) is 85.2 Å². The largest absolute Gasteiger partial charge is 0.382 e. The second-order valence-electron chi connectivity index (χ2n) is 3.66. The van der Waals surface area contributed by atoms with Crippen LogP contribution in [0.4, 0.5) is 10.8 Å². The molecule has 1 amide bonds. The van der Waals surface area contributed by atoms with Crippen molar-refractivity contribution in [1.82, 2.24) is 4.37 Å². The van der Waals surface area contributed by atoms with Gasteiger partial charge in [-0.1, -0.05) is 6.92 Å². The molecule has 1 heterocycles. The van der Waals surface area contributed by atoms with Crippen LogP contribution in [0.1, 0.15) is 37.6 Å². The van der Waals surface area contributed by atoms with Crippen molar-refractivity contribution in [2.75, 3.05) is 17.2 Å². The lowest BCUT2D eigenvalue weighted by atomic mass is 10.2. The van der Waals surface area contributed by atoms with E-state index in [-0.39, 0.29) is 5.82 Å². The number of carbonyl (C=O) groups excluding carboxylic acids is 1. The molecule has 90 valence electrons. The highest BCUT2D eigenvalue weighted by Gasteiger charge is 2.23. The van der Waals surface area contributed by atoms with Crippen molar-refractivity contribution in [3.63, 3.8) is 0 Å². The van der Waals surface area contributed by atoms with Crippen LogP contribution in [0.15, 0.2) is 0 Å². The predicted molar refractivity (Wildman–Crippen MR) is 67.8 cm³/mol. The van der Waals surface area contributed by atoms with E-state index in [1.54, 1.807) is 0 Å². The van der Waals surface area contributed by atoms with E-state index < -0.39 is 5.91 Å². The average Bonchev–Trinajstić information content (AvgIpc) is 2.61. The minimum Gasteiger partial charge on any atom is -0.382 e. The van der Waals surface area contributed by atoms with E-state index in [9.17, 15) is 4.79 Å². The highest BCUT2D eigenvalue weighted by molar-refractivity contribution is 7.11. The van der Waals surface area contributed by atoms with Crippen LogP contribution in [0.3, 0.4) is 0 Å². The maximum absolute atomic E-state index is 11.3. The number of carbonyl (C=O) groups is 1.